The van der Waals surface area contributed by atoms with E-state index in [1.54, 1.807) is 0 Å². The fraction of sp³-hybridized carbons (Fsp3) is 1.00. The Morgan fingerprint density at radius 3 is 1.22 bits per heavy atom. The molecular formula is C4H10Br2N2O. The van der Waals surface area contributed by atoms with E-state index in [1.807, 2.05) is 0 Å². The molecule has 3 nitrogen and oxygen atoms in total. The summed E-state index contributed by atoms with van der Waals surface area (Å²) in [5, 5.41) is 6.44. The second kappa shape index (κ2) is 8.84. The van der Waals surface area contributed by atoms with Crippen LogP contribution in [0.4, 0.5) is 0 Å². The summed E-state index contributed by atoms with van der Waals surface area (Å²) in [6.07, 6.45) is 0. The van der Waals surface area contributed by atoms with E-state index in [2.05, 4.69) is 46.1 Å². The van der Waals surface area contributed by atoms with E-state index in [0.717, 1.165) is 26.2 Å². The zero-order valence-electron chi connectivity index (χ0n) is 4.99. The van der Waals surface area contributed by atoms with Gasteiger partial charge in [-0.2, -0.15) is 0 Å². The van der Waals surface area contributed by atoms with Crippen LogP contribution in [0.1, 0.15) is 0 Å². The van der Waals surface area contributed by atoms with Crippen LogP contribution in [0.3, 0.4) is 0 Å². The van der Waals surface area contributed by atoms with Gasteiger partial charge in [0.15, 0.2) is 0 Å². The van der Waals surface area contributed by atoms with Crippen molar-refractivity contribution in [2.45, 2.75) is 0 Å². The van der Waals surface area contributed by atoms with E-state index in [4.69, 9.17) is 0 Å². The lowest BCUT2D eigenvalue weighted by Gasteiger charge is -2.11. The Hall–Kier alpha value is 0.840. The monoisotopic (exact) mass is 260 g/mol. The molecule has 0 radical (unpaired) electrons. The van der Waals surface area contributed by atoms with Gasteiger partial charge in [-0.05, 0) is 0 Å². The van der Waals surface area contributed by atoms with Gasteiger partial charge in [-0.25, -0.2) is 2.92 Å². The van der Waals surface area contributed by atoms with E-state index < -0.39 is 0 Å². The smallest absolute Gasteiger partial charge is 0.115 e. The minimum Gasteiger partial charge on any atom is -0.314 e. The van der Waals surface area contributed by atoms with Gasteiger partial charge >= 0.3 is 0 Å². The molecule has 2 N–H and O–H groups in total. The highest BCUT2D eigenvalue weighted by molar-refractivity contribution is 9.18. The summed E-state index contributed by atoms with van der Waals surface area (Å²) < 4.78 is 3.88. The van der Waals surface area contributed by atoms with Crippen molar-refractivity contribution in [2.24, 2.45) is 0 Å². The first kappa shape index (κ1) is 9.84. The van der Waals surface area contributed by atoms with Gasteiger partial charge < -0.3 is 10.6 Å². The molecule has 0 aromatic heterocycles. The first-order chi connectivity index (χ1) is 4.41. The van der Waals surface area contributed by atoms with Crippen molar-refractivity contribution >= 4 is 32.5 Å². The third-order valence-electron chi connectivity index (χ3n) is 0.957. The van der Waals surface area contributed by atoms with Crippen molar-refractivity contribution < 1.29 is 2.92 Å². The molecule has 1 aliphatic rings. The molecule has 0 spiro atoms. The molecule has 0 saturated carbocycles. The minimum absolute atomic E-state index is 1.14. The first-order valence-corrected chi connectivity index (χ1v) is 4.02. The summed E-state index contributed by atoms with van der Waals surface area (Å²) in [5.41, 5.74) is 0. The molecule has 0 aromatic carbocycles. The lowest BCUT2D eigenvalue weighted by Crippen LogP contribution is -2.39. The first-order valence-electron chi connectivity index (χ1n) is 2.72. The van der Waals surface area contributed by atoms with E-state index in [0.29, 0.717) is 0 Å². The lowest BCUT2D eigenvalue weighted by molar-refractivity contribution is 0.534. The molecule has 0 atom stereocenters. The fourth-order valence-corrected chi connectivity index (χ4v) is 0.604. The van der Waals surface area contributed by atoms with Crippen LogP contribution in [-0.4, -0.2) is 26.2 Å². The Morgan fingerprint density at radius 1 is 0.889 bits per heavy atom. The number of hydrogen-bond acceptors (Lipinski definition) is 3. The highest BCUT2D eigenvalue weighted by Gasteiger charge is 1.91. The Kier molecular flexibility index (Phi) is 9.67. The number of hydrogen-bond donors (Lipinski definition) is 2. The quantitative estimate of drug-likeness (QED) is 0.677. The number of rotatable bonds is 0. The van der Waals surface area contributed by atoms with Crippen LogP contribution < -0.4 is 10.6 Å². The Morgan fingerprint density at radius 2 is 1.11 bits per heavy atom. The van der Waals surface area contributed by atoms with Crippen molar-refractivity contribution in [2.75, 3.05) is 26.2 Å². The summed E-state index contributed by atoms with van der Waals surface area (Å²) in [4.78, 5) is 0. The second-order valence-electron chi connectivity index (χ2n) is 1.56. The van der Waals surface area contributed by atoms with Gasteiger partial charge in [0, 0.05) is 26.2 Å². The van der Waals surface area contributed by atoms with Crippen LogP contribution in [0, 0.1) is 0 Å². The fourth-order valence-electron chi connectivity index (χ4n) is 0.604. The Labute approximate surface area is 72.4 Å². The molecule has 0 aromatic rings. The van der Waals surface area contributed by atoms with Crippen molar-refractivity contribution in [1.82, 2.24) is 10.6 Å². The molecule has 9 heavy (non-hydrogen) atoms. The Bertz CT molecular complexity index is 40.3. The van der Waals surface area contributed by atoms with E-state index in [9.17, 15) is 0 Å². The van der Waals surface area contributed by atoms with Gasteiger partial charge in [0.1, 0.15) is 32.5 Å². The predicted octanol–water partition coefficient (Wildman–Crippen LogP) is 0.802. The molecule has 0 bridgehead atoms. The number of nitrogens with one attached hydrogen (secondary N) is 2. The standard InChI is InChI=1S/C4H10N2.Br2O/c1-2-6-4-3-5-1;1-3-2/h5-6H,1-4H2;. The second-order valence-corrected chi connectivity index (χ2v) is 3.07. The molecule has 1 heterocycles. The van der Waals surface area contributed by atoms with Gasteiger partial charge in [0.05, 0.1) is 0 Å². The molecule has 5 heteroatoms. The normalized spacial score (nSPS) is 18.0. The number of halogens is 2. The summed E-state index contributed by atoms with van der Waals surface area (Å²) >= 11 is 5.12. The molecular weight excluding hydrogens is 252 g/mol. The maximum Gasteiger partial charge on any atom is 0.115 e. The third kappa shape index (κ3) is 8.84. The highest BCUT2D eigenvalue weighted by atomic mass is 79.9. The maximum absolute atomic E-state index is 3.88. The average molecular weight is 262 g/mol. The van der Waals surface area contributed by atoms with Gasteiger partial charge in [0.25, 0.3) is 0 Å². The van der Waals surface area contributed by atoms with Gasteiger partial charge in [-0.1, -0.05) is 0 Å². The Balaban J connectivity index is 0.000000187. The maximum atomic E-state index is 3.88. The molecule has 1 saturated heterocycles. The molecule has 1 aliphatic heterocycles. The van der Waals surface area contributed by atoms with Crippen molar-refractivity contribution in [3.8, 4) is 0 Å². The molecule has 1 rings (SSSR count). The third-order valence-corrected chi connectivity index (χ3v) is 0.957. The van der Waals surface area contributed by atoms with Gasteiger partial charge in [-0.3, -0.25) is 0 Å². The number of piperazine rings is 1. The molecule has 1 fully saturated rings. The molecule has 0 amide bonds. The summed E-state index contributed by atoms with van der Waals surface area (Å²) in [5.74, 6) is 0. The zero-order chi connectivity index (χ0) is 6.95. The van der Waals surface area contributed by atoms with E-state index >= 15 is 0 Å². The van der Waals surface area contributed by atoms with Crippen LogP contribution in [0.2, 0.25) is 0 Å². The topological polar surface area (TPSA) is 33.3 Å². The van der Waals surface area contributed by atoms with Crippen LogP contribution in [0.5, 0.6) is 0 Å². The average Bonchev–Trinajstić information content (AvgIpc) is 1.93. The van der Waals surface area contributed by atoms with Crippen molar-refractivity contribution in [3.63, 3.8) is 0 Å². The van der Waals surface area contributed by atoms with Gasteiger partial charge in [0.2, 0.25) is 0 Å². The SMILES string of the molecule is BrOBr.C1CNCCN1. The minimum atomic E-state index is 1.14. The summed E-state index contributed by atoms with van der Waals surface area (Å²) in [6.45, 7) is 4.56. The van der Waals surface area contributed by atoms with E-state index in [-0.39, 0.29) is 0 Å². The van der Waals surface area contributed by atoms with Crippen LogP contribution >= 0.6 is 32.5 Å². The molecule has 0 unspecified atom stereocenters. The highest BCUT2D eigenvalue weighted by Crippen LogP contribution is 1.88. The van der Waals surface area contributed by atoms with Crippen LogP contribution in [-0.2, 0) is 2.92 Å². The van der Waals surface area contributed by atoms with Gasteiger partial charge in [-0.15, -0.1) is 0 Å². The summed E-state index contributed by atoms with van der Waals surface area (Å²) in [6, 6.07) is 0. The molecule has 0 aliphatic carbocycles. The summed E-state index contributed by atoms with van der Waals surface area (Å²) in [7, 11) is 0. The molecule has 56 valence electrons. The van der Waals surface area contributed by atoms with Crippen molar-refractivity contribution in [3.05, 3.63) is 0 Å². The zero-order valence-corrected chi connectivity index (χ0v) is 8.16. The van der Waals surface area contributed by atoms with Crippen LogP contribution in [0.15, 0.2) is 0 Å². The largest absolute Gasteiger partial charge is 0.314 e. The predicted molar refractivity (Wildman–Crippen MR) is 44.7 cm³/mol. The van der Waals surface area contributed by atoms with E-state index in [1.165, 1.54) is 0 Å². The van der Waals surface area contributed by atoms with Crippen molar-refractivity contribution in [1.29, 1.82) is 0 Å². The lowest BCUT2D eigenvalue weighted by atomic mass is 10.4. The van der Waals surface area contributed by atoms with Crippen LogP contribution in [0.25, 0.3) is 0 Å².